The summed E-state index contributed by atoms with van der Waals surface area (Å²) < 4.78 is 48.7. The van der Waals surface area contributed by atoms with E-state index in [1.54, 1.807) is 18.2 Å². The number of aromatic nitrogens is 4. The molecule has 4 rings (SSSR count). The van der Waals surface area contributed by atoms with E-state index in [4.69, 9.17) is 4.52 Å². The molecule has 0 bridgehead atoms. The van der Waals surface area contributed by atoms with Crippen LogP contribution in [0.1, 0.15) is 12.3 Å². The van der Waals surface area contributed by atoms with Gasteiger partial charge in [-0.1, -0.05) is 5.16 Å². The van der Waals surface area contributed by atoms with Crippen LogP contribution in [0.5, 0.6) is 0 Å². The summed E-state index contributed by atoms with van der Waals surface area (Å²) in [6.07, 6.45) is -0.777. The molecule has 12 heteroatoms. The van der Waals surface area contributed by atoms with Gasteiger partial charge in [-0.15, -0.1) is 0 Å². The van der Waals surface area contributed by atoms with Crippen molar-refractivity contribution in [2.24, 2.45) is 7.05 Å². The average molecular weight is 434 g/mol. The summed E-state index contributed by atoms with van der Waals surface area (Å²) in [7, 11) is 1.50. The fourth-order valence-electron chi connectivity index (χ4n) is 3.43. The summed E-state index contributed by atoms with van der Waals surface area (Å²) in [5.41, 5.74) is -2.56. The molecular formula is C19H17F3N6O3. The standard InChI is InChI=1S/C19H17F3N6O3/c1-27-9-2-3-13(15(27)29)24-17(30)28-10-6-18(11-28,19(20,21)22)16-25-14(26-31-16)12-4-7-23-8-5-12/h2-5,7-9H,6,10-11H2,1H3,(H,24,30). The van der Waals surface area contributed by atoms with E-state index in [0.717, 1.165) is 4.90 Å². The first-order valence-electron chi connectivity index (χ1n) is 9.24. The van der Waals surface area contributed by atoms with Gasteiger partial charge in [0.15, 0.2) is 5.41 Å². The molecule has 31 heavy (non-hydrogen) atoms. The number of nitrogens with zero attached hydrogens (tertiary/aromatic N) is 5. The van der Waals surface area contributed by atoms with Crippen LogP contribution in [0, 0.1) is 0 Å². The SMILES string of the molecule is Cn1cccc(NC(=O)N2CCC(c3nc(-c4ccncc4)no3)(C(F)(F)F)C2)c1=O. The molecule has 1 aliphatic rings. The van der Waals surface area contributed by atoms with Gasteiger partial charge < -0.3 is 19.3 Å². The van der Waals surface area contributed by atoms with E-state index in [2.05, 4.69) is 20.4 Å². The fourth-order valence-corrected chi connectivity index (χ4v) is 3.43. The number of pyridine rings is 2. The Morgan fingerprint density at radius 1 is 1.26 bits per heavy atom. The molecule has 1 aliphatic heterocycles. The number of urea groups is 1. The number of likely N-dealkylation sites (tertiary alicyclic amines) is 1. The third kappa shape index (κ3) is 3.64. The topological polar surface area (TPSA) is 106 Å². The Bertz CT molecular complexity index is 1160. The summed E-state index contributed by atoms with van der Waals surface area (Å²) in [6, 6.07) is 5.20. The molecule has 0 saturated carbocycles. The summed E-state index contributed by atoms with van der Waals surface area (Å²) in [5.74, 6) is -0.616. The quantitative estimate of drug-likeness (QED) is 0.679. The smallest absolute Gasteiger partial charge is 0.338 e. The highest BCUT2D eigenvalue weighted by Gasteiger charge is 2.63. The zero-order valence-corrected chi connectivity index (χ0v) is 16.3. The van der Waals surface area contributed by atoms with E-state index in [9.17, 15) is 22.8 Å². The molecule has 2 amide bonds. The van der Waals surface area contributed by atoms with Crippen LogP contribution >= 0.6 is 0 Å². The van der Waals surface area contributed by atoms with Gasteiger partial charge in [0.2, 0.25) is 11.7 Å². The monoisotopic (exact) mass is 434 g/mol. The third-order valence-electron chi connectivity index (χ3n) is 5.24. The van der Waals surface area contributed by atoms with Crippen LogP contribution in [0.3, 0.4) is 0 Å². The number of amides is 2. The Morgan fingerprint density at radius 2 is 2.00 bits per heavy atom. The Morgan fingerprint density at radius 3 is 2.71 bits per heavy atom. The Labute approximate surface area is 173 Å². The predicted molar refractivity (Wildman–Crippen MR) is 102 cm³/mol. The highest BCUT2D eigenvalue weighted by molar-refractivity contribution is 5.89. The second kappa shape index (κ2) is 7.52. The number of carbonyl (C=O) groups is 1. The molecule has 4 heterocycles. The van der Waals surface area contributed by atoms with Gasteiger partial charge in [0.25, 0.3) is 5.56 Å². The number of hydrogen-bond donors (Lipinski definition) is 1. The summed E-state index contributed by atoms with van der Waals surface area (Å²) >= 11 is 0. The van der Waals surface area contributed by atoms with Gasteiger partial charge in [0.1, 0.15) is 5.69 Å². The first-order valence-corrected chi connectivity index (χ1v) is 9.24. The summed E-state index contributed by atoms with van der Waals surface area (Å²) in [5, 5.41) is 6.05. The van der Waals surface area contributed by atoms with Gasteiger partial charge in [0.05, 0.1) is 0 Å². The van der Waals surface area contributed by atoms with E-state index in [1.807, 2.05) is 0 Å². The van der Waals surface area contributed by atoms with Crippen molar-refractivity contribution in [3.05, 3.63) is 59.1 Å². The maximum Gasteiger partial charge on any atom is 0.405 e. The third-order valence-corrected chi connectivity index (χ3v) is 5.24. The van der Waals surface area contributed by atoms with Crippen LogP contribution in [-0.2, 0) is 12.5 Å². The number of halogens is 3. The van der Waals surface area contributed by atoms with Gasteiger partial charge in [-0.05, 0) is 30.7 Å². The second-order valence-corrected chi connectivity index (χ2v) is 7.18. The van der Waals surface area contributed by atoms with Crippen molar-refractivity contribution in [2.75, 3.05) is 18.4 Å². The number of carbonyl (C=O) groups excluding carboxylic acids is 1. The van der Waals surface area contributed by atoms with E-state index in [-0.39, 0.29) is 18.1 Å². The van der Waals surface area contributed by atoms with Crippen LogP contribution in [0.2, 0.25) is 0 Å². The van der Waals surface area contributed by atoms with E-state index < -0.39 is 42.0 Å². The van der Waals surface area contributed by atoms with Crippen molar-refractivity contribution in [3.8, 4) is 11.4 Å². The molecule has 0 radical (unpaired) electrons. The van der Waals surface area contributed by atoms with Gasteiger partial charge in [-0.3, -0.25) is 9.78 Å². The molecule has 1 saturated heterocycles. The molecule has 1 N–H and O–H groups in total. The molecule has 0 aromatic carbocycles. The molecular weight excluding hydrogens is 417 g/mol. The van der Waals surface area contributed by atoms with Crippen LogP contribution in [0.15, 0.2) is 52.2 Å². The Balaban J connectivity index is 1.60. The second-order valence-electron chi connectivity index (χ2n) is 7.18. The zero-order valence-electron chi connectivity index (χ0n) is 16.3. The molecule has 1 atom stereocenters. The van der Waals surface area contributed by atoms with E-state index in [1.165, 1.54) is 36.3 Å². The lowest BCUT2D eigenvalue weighted by molar-refractivity contribution is -0.193. The maximum atomic E-state index is 14.1. The summed E-state index contributed by atoms with van der Waals surface area (Å²) in [4.78, 5) is 33.4. The lowest BCUT2D eigenvalue weighted by Gasteiger charge is -2.27. The van der Waals surface area contributed by atoms with Crippen LogP contribution in [0.4, 0.5) is 23.7 Å². The van der Waals surface area contributed by atoms with Crippen molar-refractivity contribution < 1.29 is 22.5 Å². The van der Waals surface area contributed by atoms with E-state index in [0.29, 0.717) is 5.56 Å². The molecule has 3 aromatic heterocycles. The minimum Gasteiger partial charge on any atom is -0.338 e. The number of alkyl halides is 3. The maximum absolute atomic E-state index is 14.1. The molecule has 1 unspecified atom stereocenters. The van der Waals surface area contributed by atoms with Crippen molar-refractivity contribution >= 4 is 11.7 Å². The largest absolute Gasteiger partial charge is 0.405 e. The molecule has 162 valence electrons. The molecule has 0 aliphatic carbocycles. The predicted octanol–water partition coefficient (Wildman–Crippen LogP) is 2.57. The molecule has 3 aromatic rings. The average Bonchev–Trinajstić information content (AvgIpc) is 3.40. The lowest BCUT2D eigenvalue weighted by atomic mass is 9.86. The number of anilines is 1. The number of rotatable bonds is 3. The lowest BCUT2D eigenvalue weighted by Crippen LogP contribution is -2.46. The van der Waals surface area contributed by atoms with Crippen molar-refractivity contribution in [1.82, 2.24) is 24.6 Å². The highest BCUT2D eigenvalue weighted by Crippen LogP contribution is 2.47. The Hall–Kier alpha value is -3.70. The van der Waals surface area contributed by atoms with Gasteiger partial charge in [0, 0.05) is 44.3 Å². The number of aryl methyl sites for hydroxylation is 1. The summed E-state index contributed by atoms with van der Waals surface area (Å²) in [6.45, 7) is -0.918. The van der Waals surface area contributed by atoms with Crippen molar-refractivity contribution in [1.29, 1.82) is 0 Å². The molecule has 1 fully saturated rings. The number of hydrogen-bond acceptors (Lipinski definition) is 6. The minimum atomic E-state index is -4.74. The first kappa shape index (κ1) is 20.6. The number of nitrogens with one attached hydrogen (secondary N) is 1. The van der Waals surface area contributed by atoms with Crippen molar-refractivity contribution in [3.63, 3.8) is 0 Å². The van der Waals surface area contributed by atoms with Crippen molar-refractivity contribution in [2.45, 2.75) is 18.0 Å². The molecule has 9 nitrogen and oxygen atoms in total. The Kier molecular flexibility index (Phi) is 4.99. The normalized spacial score (nSPS) is 18.9. The first-order chi connectivity index (χ1) is 14.7. The van der Waals surface area contributed by atoms with E-state index >= 15 is 0 Å². The van der Waals surface area contributed by atoms with Crippen LogP contribution < -0.4 is 10.9 Å². The van der Waals surface area contributed by atoms with Crippen LogP contribution in [-0.4, -0.2) is 49.9 Å². The van der Waals surface area contributed by atoms with Gasteiger partial charge in [-0.2, -0.15) is 18.2 Å². The fraction of sp³-hybridized carbons (Fsp3) is 0.316. The van der Waals surface area contributed by atoms with Crippen LogP contribution in [0.25, 0.3) is 11.4 Å². The zero-order chi connectivity index (χ0) is 22.2. The van der Waals surface area contributed by atoms with Gasteiger partial charge in [-0.25, -0.2) is 4.79 Å². The highest BCUT2D eigenvalue weighted by atomic mass is 19.4. The van der Waals surface area contributed by atoms with Gasteiger partial charge >= 0.3 is 12.2 Å². The minimum absolute atomic E-state index is 0.00305. The molecule has 0 spiro atoms.